The first-order chi connectivity index (χ1) is 11.9. The molecule has 1 saturated heterocycles. The molecule has 25 heavy (non-hydrogen) atoms. The Labute approximate surface area is 150 Å². The molecular formula is C17H19ClN5O2+. The Morgan fingerprint density at radius 3 is 2.72 bits per heavy atom. The molecule has 8 heteroatoms. The summed E-state index contributed by atoms with van der Waals surface area (Å²) in [5.41, 5.74) is 0.928. The smallest absolute Gasteiger partial charge is 0.270 e. The van der Waals surface area contributed by atoms with Gasteiger partial charge in [0.1, 0.15) is 5.69 Å². The Kier molecular flexibility index (Phi) is 3.57. The van der Waals surface area contributed by atoms with Gasteiger partial charge < -0.3 is 0 Å². The SMILES string of the molecule is CC1CN(c2cccc(Cl)c2)C2=[N+](C1)C1C(=O)N(C)C(=O)N(C)C1=N2. The summed E-state index contributed by atoms with van der Waals surface area (Å²) in [6, 6.07) is 6.67. The number of hydrogen-bond acceptors (Lipinski definition) is 4. The van der Waals surface area contributed by atoms with E-state index >= 15 is 0 Å². The predicted octanol–water partition coefficient (Wildman–Crippen LogP) is 1.47. The molecule has 0 bridgehead atoms. The number of carbonyl (C=O) groups is 2. The first-order valence-corrected chi connectivity index (χ1v) is 8.57. The zero-order chi connectivity index (χ0) is 17.9. The number of halogens is 1. The van der Waals surface area contributed by atoms with Crippen molar-refractivity contribution in [1.82, 2.24) is 9.80 Å². The Balaban J connectivity index is 1.83. The van der Waals surface area contributed by atoms with E-state index in [2.05, 4.69) is 16.8 Å². The lowest BCUT2D eigenvalue weighted by atomic mass is 10.1. The molecule has 1 fully saturated rings. The van der Waals surface area contributed by atoms with Crippen molar-refractivity contribution in [1.29, 1.82) is 0 Å². The van der Waals surface area contributed by atoms with E-state index in [1.54, 1.807) is 7.05 Å². The van der Waals surface area contributed by atoms with Crippen LogP contribution < -0.4 is 4.90 Å². The molecule has 2 unspecified atom stereocenters. The van der Waals surface area contributed by atoms with Crippen LogP contribution in [0.25, 0.3) is 0 Å². The second-order valence-corrected chi connectivity index (χ2v) is 7.20. The van der Waals surface area contributed by atoms with Gasteiger partial charge in [0, 0.05) is 25.0 Å². The maximum Gasteiger partial charge on any atom is 0.397 e. The van der Waals surface area contributed by atoms with E-state index in [-0.39, 0.29) is 11.9 Å². The number of anilines is 1. The van der Waals surface area contributed by atoms with Crippen LogP contribution in [-0.2, 0) is 4.79 Å². The fraction of sp³-hybridized carbons (Fsp3) is 0.412. The summed E-state index contributed by atoms with van der Waals surface area (Å²) in [7, 11) is 3.17. The number of imide groups is 1. The zero-order valence-corrected chi connectivity index (χ0v) is 15.1. The van der Waals surface area contributed by atoms with E-state index in [1.807, 2.05) is 28.8 Å². The van der Waals surface area contributed by atoms with Crippen molar-refractivity contribution in [3.05, 3.63) is 29.3 Å². The summed E-state index contributed by atoms with van der Waals surface area (Å²) in [6.45, 7) is 3.63. The molecule has 4 rings (SSSR count). The maximum absolute atomic E-state index is 12.7. The van der Waals surface area contributed by atoms with Crippen LogP contribution >= 0.6 is 11.6 Å². The number of carbonyl (C=O) groups excluding carboxylic acids is 2. The van der Waals surface area contributed by atoms with Crippen molar-refractivity contribution in [3.8, 4) is 0 Å². The monoisotopic (exact) mass is 360 g/mol. The van der Waals surface area contributed by atoms with Crippen LogP contribution in [0.15, 0.2) is 29.3 Å². The molecule has 1 aromatic rings. The van der Waals surface area contributed by atoms with Gasteiger partial charge in [-0.05, 0) is 18.2 Å². The topological polar surface area (TPSA) is 59.2 Å². The third-order valence-corrected chi connectivity index (χ3v) is 5.11. The Morgan fingerprint density at radius 1 is 1.24 bits per heavy atom. The summed E-state index contributed by atoms with van der Waals surface area (Å²) in [5, 5.41) is 0.647. The van der Waals surface area contributed by atoms with Gasteiger partial charge in [-0.25, -0.2) is 14.3 Å². The summed E-state index contributed by atoms with van der Waals surface area (Å²) >= 11 is 6.15. The summed E-state index contributed by atoms with van der Waals surface area (Å²) in [5.74, 6) is 1.28. The van der Waals surface area contributed by atoms with Gasteiger partial charge in [-0.3, -0.25) is 14.6 Å². The molecule has 0 aromatic heterocycles. The average molecular weight is 361 g/mol. The molecule has 130 valence electrons. The predicted molar refractivity (Wildman–Crippen MR) is 95.2 cm³/mol. The molecule has 3 aliphatic heterocycles. The maximum atomic E-state index is 12.7. The van der Waals surface area contributed by atoms with Crippen molar-refractivity contribution >= 4 is 41.0 Å². The number of amidine groups is 1. The Morgan fingerprint density at radius 2 is 2.00 bits per heavy atom. The summed E-state index contributed by atoms with van der Waals surface area (Å²) in [6.07, 6.45) is 0. The number of urea groups is 1. The number of rotatable bonds is 1. The van der Waals surface area contributed by atoms with Crippen LogP contribution in [0.1, 0.15) is 6.92 Å². The van der Waals surface area contributed by atoms with Gasteiger partial charge in [0.15, 0.2) is 0 Å². The van der Waals surface area contributed by atoms with Gasteiger partial charge in [0.05, 0.1) is 13.1 Å². The Bertz CT molecular complexity index is 849. The lowest BCUT2D eigenvalue weighted by Crippen LogP contribution is -2.62. The van der Waals surface area contributed by atoms with Gasteiger partial charge in [-0.1, -0.05) is 29.6 Å². The number of hydrogen-bond donors (Lipinski definition) is 0. The normalized spacial score (nSPS) is 26.1. The van der Waals surface area contributed by atoms with Crippen LogP contribution in [0.5, 0.6) is 0 Å². The minimum atomic E-state index is -0.549. The summed E-state index contributed by atoms with van der Waals surface area (Å²) < 4.78 is 1.99. The highest BCUT2D eigenvalue weighted by Gasteiger charge is 2.54. The fourth-order valence-electron chi connectivity index (χ4n) is 3.64. The molecular weight excluding hydrogens is 342 g/mol. The number of fused-ring (bicyclic) bond motifs is 2. The standard InChI is InChI=1S/C17H19ClN5O2/c1-10-8-22(12-6-4-5-11(18)7-12)16-19-14-13(23(16)9-10)15(24)21(3)17(25)20(14)2/h4-7,10,13H,8-9H2,1-3H3/q+1. The third-order valence-electron chi connectivity index (χ3n) is 4.87. The van der Waals surface area contributed by atoms with E-state index < -0.39 is 6.04 Å². The molecule has 0 saturated carbocycles. The van der Waals surface area contributed by atoms with Gasteiger partial charge in [-0.2, -0.15) is 0 Å². The van der Waals surface area contributed by atoms with Gasteiger partial charge in [0.2, 0.25) is 11.9 Å². The van der Waals surface area contributed by atoms with Gasteiger partial charge in [0.25, 0.3) is 5.91 Å². The van der Waals surface area contributed by atoms with Crippen molar-refractivity contribution in [3.63, 3.8) is 0 Å². The van der Waals surface area contributed by atoms with E-state index in [0.29, 0.717) is 29.3 Å². The second-order valence-electron chi connectivity index (χ2n) is 6.76. The molecule has 3 heterocycles. The van der Waals surface area contributed by atoms with E-state index in [9.17, 15) is 9.59 Å². The molecule has 3 amide bonds. The van der Waals surface area contributed by atoms with E-state index in [0.717, 1.165) is 17.1 Å². The molecule has 7 nitrogen and oxygen atoms in total. The highest BCUT2D eigenvalue weighted by atomic mass is 35.5. The first kappa shape index (κ1) is 16.1. The highest BCUT2D eigenvalue weighted by Crippen LogP contribution is 2.28. The fourth-order valence-corrected chi connectivity index (χ4v) is 3.82. The van der Waals surface area contributed by atoms with Crippen molar-refractivity contribution in [2.45, 2.75) is 13.0 Å². The number of aliphatic imine (C=N–C) groups is 1. The summed E-state index contributed by atoms with van der Waals surface area (Å²) in [4.78, 5) is 34.3. The quantitative estimate of drug-likeness (QED) is 0.713. The van der Waals surface area contributed by atoms with Gasteiger partial charge in [-0.15, -0.1) is 0 Å². The molecule has 2 atom stereocenters. The number of benzene rings is 1. The van der Waals surface area contributed by atoms with E-state index in [1.165, 1.54) is 11.9 Å². The average Bonchev–Trinajstić information content (AvgIpc) is 2.96. The number of guanidine groups is 1. The number of likely N-dealkylation sites (N-methyl/N-ethyl adjacent to an activating group) is 2. The van der Waals surface area contributed by atoms with Crippen molar-refractivity contribution < 1.29 is 14.2 Å². The molecule has 0 N–H and O–H groups in total. The minimum absolute atomic E-state index is 0.239. The van der Waals surface area contributed by atoms with Crippen LogP contribution in [0.3, 0.4) is 0 Å². The molecule has 0 radical (unpaired) electrons. The lowest BCUT2D eigenvalue weighted by Gasteiger charge is -2.33. The largest absolute Gasteiger partial charge is 0.397 e. The molecule has 0 aliphatic carbocycles. The third kappa shape index (κ3) is 2.33. The first-order valence-electron chi connectivity index (χ1n) is 8.19. The van der Waals surface area contributed by atoms with Gasteiger partial charge >= 0.3 is 12.0 Å². The van der Waals surface area contributed by atoms with Crippen LogP contribution in [0.2, 0.25) is 5.02 Å². The highest BCUT2D eigenvalue weighted by molar-refractivity contribution is 6.31. The van der Waals surface area contributed by atoms with Crippen LogP contribution in [0.4, 0.5) is 10.5 Å². The Hall–Kier alpha value is -2.41. The second kappa shape index (κ2) is 5.56. The van der Waals surface area contributed by atoms with E-state index in [4.69, 9.17) is 11.6 Å². The molecule has 3 aliphatic rings. The zero-order valence-electron chi connectivity index (χ0n) is 14.3. The number of amides is 3. The van der Waals surface area contributed by atoms with Crippen LogP contribution in [0, 0.1) is 5.92 Å². The van der Waals surface area contributed by atoms with Crippen molar-refractivity contribution in [2.24, 2.45) is 10.9 Å². The molecule has 1 aromatic carbocycles. The number of nitrogens with zero attached hydrogens (tertiary/aromatic N) is 5. The van der Waals surface area contributed by atoms with Crippen LogP contribution in [-0.4, -0.2) is 71.3 Å². The lowest BCUT2D eigenvalue weighted by molar-refractivity contribution is -0.545. The minimum Gasteiger partial charge on any atom is -0.270 e. The van der Waals surface area contributed by atoms with Crippen molar-refractivity contribution in [2.75, 3.05) is 32.1 Å². The molecule has 0 spiro atoms.